The average Bonchev–Trinajstić information content (AvgIpc) is 3.00. The standard InChI is InChI=1S/C17H12ClNO2/c18-14-8-6-12(7-9-14)10-16(20)17-11-15(19-21-17)13-4-2-1-3-5-13/h1-9,11H,10H2. The van der Waals surface area contributed by atoms with Gasteiger partial charge < -0.3 is 4.52 Å². The molecule has 104 valence electrons. The van der Waals surface area contributed by atoms with E-state index in [9.17, 15) is 4.79 Å². The maximum atomic E-state index is 12.2. The molecule has 0 fully saturated rings. The van der Waals surface area contributed by atoms with Gasteiger partial charge in [-0.1, -0.05) is 59.2 Å². The fourth-order valence-electron chi connectivity index (χ4n) is 2.03. The molecule has 3 rings (SSSR count). The lowest BCUT2D eigenvalue weighted by atomic mass is 10.1. The second-order valence-electron chi connectivity index (χ2n) is 4.67. The van der Waals surface area contributed by atoms with Crippen LogP contribution in [0.15, 0.2) is 65.2 Å². The smallest absolute Gasteiger partial charge is 0.205 e. The molecule has 3 nitrogen and oxygen atoms in total. The van der Waals surface area contributed by atoms with E-state index >= 15 is 0 Å². The maximum absolute atomic E-state index is 12.2. The lowest BCUT2D eigenvalue weighted by Crippen LogP contribution is -2.01. The van der Waals surface area contributed by atoms with Gasteiger partial charge in [-0.15, -0.1) is 0 Å². The Morgan fingerprint density at radius 3 is 2.48 bits per heavy atom. The minimum Gasteiger partial charge on any atom is -0.352 e. The number of benzene rings is 2. The quantitative estimate of drug-likeness (QED) is 0.669. The summed E-state index contributed by atoms with van der Waals surface area (Å²) in [7, 11) is 0. The first kappa shape index (κ1) is 13.6. The van der Waals surface area contributed by atoms with Crippen LogP contribution in [0.25, 0.3) is 11.3 Å². The van der Waals surface area contributed by atoms with Gasteiger partial charge in [0.2, 0.25) is 11.5 Å². The van der Waals surface area contributed by atoms with Gasteiger partial charge in [0.25, 0.3) is 0 Å². The number of halogens is 1. The number of carbonyl (C=O) groups is 1. The lowest BCUT2D eigenvalue weighted by Gasteiger charge is -1.98. The van der Waals surface area contributed by atoms with E-state index in [2.05, 4.69) is 5.16 Å². The molecule has 0 amide bonds. The molecule has 0 aliphatic rings. The number of ketones is 1. The molecule has 0 atom stereocenters. The third kappa shape index (κ3) is 3.20. The Kier molecular flexibility index (Phi) is 3.84. The Hall–Kier alpha value is -2.39. The number of rotatable bonds is 4. The molecule has 0 saturated carbocycles. The summed E-state index contributed by atoms with van der Waals surface area (Å²) in [5.41, 5.74) is 2.48. The Morgan fingerprint density at radius 1 is 1.05 bits per heavy atom. The Morgan fingerprint density at radius 2 is 1.76 bits per heavy atom. The molecular formula is C17H12ClNO2. The molecule has 0 aliphatic carbocycles. The highest BCUT2D eigenvalue weighted by Gasteiger charge is 2.14. The molecule has 21 heavy (non-hydrogen) atoms. The van der Waals surface area contributed by atoms with Crippen molar-refractivity contribution in [1.29, 1.82) is 0 Å². The predicted molar refractivity (Wildman–Crippen MR) is 81.4 cm³/mol. The first-order valence-electron chi connectivity index (χ1n) is 6.52. The van der Waals surface area contributed by atoms with Crippen molar-refractivity contribution in [3.05, 3.63) is 77.0 Å². The highest BCUT2D eigenvalue weighted by molar-refractivity contribution is 6.30. The molecule has 0 aliphatic heterocycles. The molecule has 1 aromatic heterocycles. The van der Waals surface area contributed by atoms with Crippen LogP contribution in [0, 0.1) is 0 Å². The van der Waals surface area contributed by atoms with E-state index in [0.717, 1.165) is 11.1 Å². The van der Waals surface area contributed by atoms with E-state index in [1.165, 1.54) is 0 Å². The average molecular weight is 298 g/mol. The summed E-state index contributed by atoms with van der Waals surface area (Å²) in [6.07, 6.45) is 0.264. The predicted octanol–water partition coefficient (Wildman–Crippen LogP) is 4.42. The summed E-state index contributed by atoms with van der Waals surface area (Å²) >= 11 is 5.82. The number of hydrogen-bond acceptors (Lipinski definition) is 3. The normalized spacial score (nSPS) is 10.5. The zero-order chi connectivity index (χ0) is 14.7. The van der Waals surface area contributed by atoms with Crippen molar-refractivity contribution in [3.8, 4) is 11.3 Å². The Balaban J connectivity index is 1.77. The summed E-state index contributed by atoms with van der Waals surface area (Å²) in [4.78, 5) is 12.2. The molecule has 2 aromatic carbocycles. The first-order chi connectivity index (χ1) is 10.2. The molecule has 0 unspecified atom stereocenters. The third-order valence-electron chi connectivity index (χ3n) is 3.13. The van der Waals surface area contributed by atoms with E-state index in [-0.39, 0.29) is 18.0 Å². The van der Waals surface area contributed by atoms with Crippen LogP contribution in [0.3, 0.4) is 0 Å². The van der Waals surface area contributed by atoms with Crippen molar-refractivity contribution < 1.29 is 9.32 Å². The van der Waals surface area contributed by atoms with Crippen LogP contribution in [0.1, 0.15) is 16.1 Å². The van der Waals surface area contributed by atoms with Gasteiger partial charge in [-0.05, 0) is 17.7 Å². The highest BCUT2D eigenvalue weighted by atomic mass is 35.5. The van der Waals surface area contributed by atoms with Crippen molar-refractivity contribution >= 4 is 17.4 Å². The van der Waals surface area contributed by atoms with Crippen molar-refractivity contribution in [3.63, 3.8) is 0 Å². The number of hydrogen-bond donors (Lipinski definition) is 0. The van der Waals surface area contributed by atoms with Gasteiger partial charge in [0.05, 0.1) is 0 Å². The Bertz CT molecular complexity index is 748. The number of nitrogens with zero attached hydrogens (tertiary/aromatic N) is 1. The van der Waals surface area contributed by atoms with Crippen LogP contribution in [0.2, 0.25) is 5.02 Å². The largest absolute Gasteiger partial charge is 0.352 e. The van der Waals surface area contributed by atoms with E-state index in [1.807, 2.05) is 42.5 Å². The summed E-state index contributed by atoms with van der Waals surface area (Å²) in [5, 5.41) is 4.60. The second-order valence-corrected chi connectivity index (χ2v) is 5.11. The summed E-state index contributed by atoms with van der Waals surface area (Å²) in [6, 6.07) is 18.5. The van der Waals surface area contributed by atoms with Crippen LogP contribution < -0.4 is 0 Å². The van der Waals surface area contributed by atoms with Crippen LogP contribution in [0.5, 0.6) is 0 Å². The van der Waals surface area contributed by atoms with E-state index in [1.54, 1.807) is 18.2 Å². The molecular weight excluding hydrogens is 286 g/mol. The fraction of sp³-hybridized carbons (Fsp3) is 0.0588. The van der Waals surface area contributed by atoms with Gasteiger partial charge in [0.1, 0.15) is 5.69 Å². The Labute approximate surface area is 127 Å². The number of carbonyl (C=O) groups excluding carboxylic acids is 1. The van der Waals surface area contributed by atoms with Crippen molar-refractivity contribution in [1.82, 2.24) is 5.16 Å². The number of Topliss-reactive ketones (excluding diaryl/α,β-unsaturated/α-hetero) is 1. The van der Waals surface area contributed by atoms with Gasteiger partial charge in [-0.3, -0.25) is 4.79 Å². The zero-order valence-corrected chi connectivity index (χ0v) is 11.9. The topological polar surface area (TPSA) is 43.1 Å². The van der Waals surface area contributed by atoms with Gasteiger partial charge in [-0.25, -0.2) is 0 Å². The maximum Gasteiger partial charge on any atom is 0.205 e. The molecule has 0 N–H and O–H groups in total. The van der Waals surface area contributed by atoms with Gasteiger partial charge >= 0.3 is 0 Å². The molecule has 3 aromatic rings. The summed E-state index contributed by atoms with van der Waals surface area (Å²) in [5.74, 6) is 0.163. The van der Waals surface area contributed by atoms with E-state index in [0.29, 0.717) is 10.7 Å². The van der Waals surface area contributed by atoms with Crippen molar-refractivity contribution in [2.45, 2.75) is 6.42 Å². The van der Waals surface area contributed by atoms with Crippen LogP contribution in [-0.2, 0) is 6.42 Å². The zero-order valence-electron chi connectivity index (χ0n) is 11.1. The molecule has 0 saturated heterocycles. The minimum atomic E-state index is -0.105. The lowest BCUT2D eigenvalue weighted by molar-refractivity contribution is 0.0957. The van der Waals surface area contributed by atoms with Crippen molar-refractivity contribution in [2.24, 2.45) is 0 Å². The van der Waals surface area contributed by atoms with Crippen LogP contribution >= 0.6 is 11.6 Å². The SMILES string of the molecule is O=C(Cc1ccc(Cl)cc1)c1cc(-c2ccccc2)no1. The third-order valence-corrected chi connectivity index (χ3v) is 3.38. The minimum absolute atomic E-state index is 0.105. The molecule has 0 radical (unpaired) electrons. The molecule has 0 spiro atoms. The van der Waals surface area contributed by atoms with E-state index < -0.39 is 0 Å². The fourth-order valence-corrected chi connectivity index (χ4v) is 2.15. The van der Waals surface area contributed by atoms with Gasteiger partial charge in [-0.2, -0.15) is 0 Å². The van der Waals surface area contributed by atoms with Crippen LogP contribution in [0.4, 0.5) is 0 Å². The monoisotopic (exact) mass is 297 g/mol. The second kappa shape index (κ2) is 5.94. The summed E-state index contributed by atoms with van der Waals surface area (Å²) in [6.45, 7) is 0. The van der Waals surface area contributed by atoms with Crippen molar-refractivity contribution in [2.75, 3.05) is 0 Å². The number of aromatic nitrogens is 1. The molecule has 4 heteroatoms. The molecule has 0 bridgehead atoms. The van der Waals surface area contributed by atoms with E-state index in [4.69, 9.17) is 16.1 Å². The van der Waals surface area contributed by atoms with Gasteiger partial charge in [0, 0.05) is 23.1 Å². The summed E-state index contributed by atoms with van der Waals surface area (Å²) < 4.78 is 5.15. The molecule has 1 heterocycles. The highest BCUT2D eigenvalue weighted by Crippen LogP contribution is 2.20. The van der Waals surface area contributed by atoms with Gasteiger partial charge in [0.15, 0.2) is 0 Å². The first-order valence-corrected chi connectivity index (χ1v) is 6.90. The van der Waals surface area contributed by atoms with Crippen LogP contribution in [-0.4, -0.2) is 10.9 Å².